The lowest BCUT2D eigenvalue weighted by Crippen LogP contribution is -2.39. The molecule has 1 heterocycles. The number of likely N-dealkylation sites (N-methyl/N-ethyl adjacent to an activating group) is 1. The lowest BCUT2D eigenvalue weighted by Gasteiger charge is -2.25. The smallest absolute Gasteiger partial charge is 0.262 e. The van der Waals surface area contributed by atoms with E-state index in [0.717, 1.165) is 35.4 Å². The second-order valence-electron chi connectivity index (χ2n) is 7.73. The van der Waals surface area contributed by atoms with Crippen LogP contribution in [0.1, 0.15) is 36.4 Å². The van der Waals surface area contributed by atoms with Crippen molar-refractivity contribution in [3.63, 3.8) is 0 Å². The van der Waals surface area contributed by atoms with Gasteiger partial charge in [0.25, 0.3) is 5.91 Å². The van der Waals surface area contributed by atoms with E-state index < -0.39 is 0 Å². The highest BCUT2D eigenvalue weighted by atomic mass is 35.5. The maximum absolute atomic E-state index is 13.1. The molecule has 0 aromatic heterocycles. The Morgan fingerprint density at radius 2 is 1.87 bits per heavy atom. The van der Waals surface area contributed by atoms with Crippen LogP contribution in [0.5, 0.6) is 5.75 Å². The van der Waals surface area contributed by atoms with Crippen LogP contribution >= 0.6 is 11.6 Å². The highest BCUT2D eigenvalue weighted by molar-refractivity contribution is 6.34. The van der Waals surface area contributed by atoms with Crippen LogP contribution in [-0.4, -0.2) is 48.1 Å². The number of carbonyl (C=O) groups excluding carboxylic acids is 2. The van der Waals surface area contributed by atoms with Crippen molar-refractivity contribution in [2.75, 3.05) is 20.7 Å². The molecule has 2 amide bonds. The van der Waals surface area contributed by atoms with Crippen molar-refractivity contribution >= 4 is 29.1 Å². The van der Waals surface area contributed by atoms with Gasteiger partial charge >= 0.3 is 0 Å². The number of hydrogen-bond acceptors (Lipinski definition) is 4. The van der Waals surface area contributed by atoms with Gasteiger partial charge in [-0.15, -0.1) is 0 Å². The van der Waals surface area contributed by atoms with Crippen molar-refractivity contribution in [3.8, 4) is 5.75 Å². The number of amides is 2. The van der Waals surface area contributed by atoms with Gasteiger partial charge in [0.05, 0.1) is 18.9 Å². The van der Waals surface area contributed by atoms with Crippen molar-refractivity contribution in [2.24, 2.45) is 11.0 Å². The summed E-state index contributed by atoms with van der Waals surface area (Å²) in [7, 11) is 3.29. The second-order valence-corrected chi connectivity index (χ2v) is 8.13. The van der Waals surface area contributed by atoms with Crippen LogP contribution in [0.15, 0.2) is 53.6 Å². The first-order valence-electron chi connectivity index (χ1n) is 10.0. The van der Waals surface area contributed by atoms with Crippen molar-refractivity contribution in [2.45, 2.75) is 25.3 Å². The predicted molar refractivity (Wildman–Crippen MR) is 116 cm³/mol. The van der Waals surface area contributed by atoms with Crippen LogP contribution in [0.2, 0.25) is 5.02 Å². The van der Waals surface area contributed by atoms with E-state index in [9.17, 15) is 9.59 Å². The van der Waals surface area contributed by atoms with Crippen LogP contribution < -0.4 is 4.74 Å². The largest absolute Gasteiger partial charge is 0.497 e. The molecule has 30 heavy (non-hydrogen) atoms. The van der Waals surface area contributed by atoms with Crippen molar-refractivity contribution in [1.29, 1.82) is 0 Å². The molecule has 0 radical (unpaired) electrons. The molecule has 0 spiro atoms. The van der Waals surface area contributed by atoms with Gasteiger partial charge in [-0.3, -0.25) is 9.59 Å². The molecule has 1 atom stereocenters. The summed E-state index contributed by atoms with van der Waals surface area (Å²) in [5.74, 6) is 0.630. The maximum Gasteiger partial charge on any atom is 0.262 e. The average molecular weight is 426 g/mol. The van der Waals surface area contributed by atoms with E-state index in [2.05, 4.69) is 5.10 Å². The molecule has 2 aromatic rings. The lowest BCUT2D eigenvalue weighted by molar-refractivity contribution is -0.141. The number of ether oxygens (including phenoxy) is 1. The Hall–Kier alpha value is -2.86. The van der Waals surface area contributed by atoms with Gasteiger partial charge in [0, 0.05) is 30.0 Å². The van der Waals surface area contributed by atoms with Gasteiger partial charge in [-0.2, -0.15) is 5.10 Å². The molecule has 0 saturated heterocycles. The average Bonchev–Trinajstić information content (AvgIpc) is 3.51. The van der Waals surface area contributed by atoms with Crippen LogP contribution in [0.3, 0.4) is 0 Å². The number of nitrogens with zero attached hydrogens (tertiary/aromatic N) is 3. The summed E-state index contributed by atoms with van der Waals surface area (Å²) in [5.41, 5.74) is 2.52. The van der Waals surface area contributed by atoms with E-state index >= 15 is 0 Å². The molecule has 0 bridgehead atoms. The number of halogens is 1. The zero-order valence-corrected chi connectivity index (χ0v) is 17.8. The summed E-state index contributed by atoms with van der Waals surface area (Å²) < 4.78 is 5.25. The summed E-state index contributed by atoms with van der Waals surface area (Å²) in [6.07, 6.45) is 2.36. The van der Waals surface area contributed by atoms with Gasteiger partial charge < -0.3 is 9.64 Å². The first kappa shape index (κ1) is 20.4. The Labute approximate surface area is 181 Å². The van der Waals surface area contributed by atoms with E-state index in [-0.39, 0.29) is 30.3 Å². The van der Waals surface area contributed by atoms with E-state index in [1.165, 1.54) is 9.91 Å². The number of methoxy groups -OCH3 is 1. The summed E-state index contributed by atoms with van der Waals surface area (Å²) in [6.45, 7) is 0.00128. The molecule has 1 aliphatic heterocycles. The molecule has 2 aliphatic rings. The molecular weight excluding hydrogens is 402 g/mol. The molecule has 0 N–H and O–H groups in total. The van der Waals surface area contributed by atoms with Crippen molar-refractivity contribution < 1.29 is 14.3 Å². The summed E-state index contributed by atoms with van der Waals surface area (Å²) in [5, 5.41) is 6.73. The van der Waals surface area contributed by atoms with Gasteiger partial charge in [0.2, 0.25) is 5.91 Å². The zero-order valence-electron chi connectivity index (χ0n) is 17.0. The molecular formula is C23H24ClN3O3. The van der Waals surface area contributed by atoms with Gasteiger partial charge in [0.15, 0.2) is 0 Å². The number of rotatable bonds is 6. The Bertz CT molecular complexity index is 985. The quantitative estimate of drug-likeness (QED) is 0.705. The first-order valence-corrected chi connectivity index (χ1v) is 10.4. The van der Waals surface area contributed by atoms with Crippen LogP contribution in [-0.2, 0) is 9.59 Å². The molecule has 0 unspecified atom stereocenters. The fourth-order valence-corrected chi connectivity index (χ4v) is 3.92. The third kappa shape index (κ3) is 4.19. The molecule has 7 heteroatoms. The monoisotopic (exact) mass is 425 g/mol. The Morgan fingerprint density at radius 1 is 1.17 bits per heavy atom. The van der Waals surface area contributed by atoms with Gasteiger partial charge in [0.1, 0.15) is 12.3 Å². The standard InChI is InChI=1S/C23H24ClN3O3/c1-26(23(29)16-7-8-16)14-22(28)27-21(15-9-11-17(30-2)12-10-15)13-20(25-27)18-5-3-4-6-19(18)24/h3-6,9-12,16,21H,7-8,13-14H2,1-2H3/t21-/m1/s1. The van der Waals surface area contributed by atoms with Crippen molar-refractivity contribution in [1.82, 2.24) is 9.91 Å². The minimum Gasteiger partial charge on any atom is -0.497 e. The number of hydrogen-bond donors (Lipinski definition) is 0. The third-order valence-electron chi connectivity index (χ3n) is 5.53. The van der Waals surface area contributed by atoms with Crippen LogP contribution in [0.25, 0.3) is 0 Å². The molecule has 1 fully saturated rings. The van der Waals surface area contributed by atoms with Gasteiger partial charge in [-0.05, 0) is 36.6 Å². The molecule has 2 aromatic carbocycles. The summed E-state index contributed by atoms with van der Waals surface area (Å²) in [6, 6.07) is 14.8. The van der Waals surface area contributed by atoms with Crippen LogP contribution in [0, 0.1) is 5.92 Å². The zero-order chi connectivity index (χ0) is 21.3. The molecule has 4 rings (SSSR count). The normalized spacial score (nSPS) is 18.2. The number of hydrazone groups is 1. The fourth-order valence-electron chi connectivity index (χ4n) is 3.68. The SMILES string of the molecule is COc1ccc([C@H]2CC(c3ccccc3Cl)=NN2C(=O)CN(C)C(=O)C2CC2)cc1. The lowest BCUT2D eigenvalue weighted by atomic mass is 9.98. The predicted octanol–water partition coefficient (Wildman–Crippen LogP) is 3.89. The fraction of sp³-hybridized carbons (Fsp3) is 0.348. The Balaban J connectivity index is 1.61. The van der Waals surface area contributed by atoms with E-state index in [1.807, 2.05) is 48.5 Å². The second kappa shape index (κ2) is 8.48. The minimum atomic E-state index is -0.265. The van der Waals surface area contributed by atoms with E-state index in [1.54, 1.807) is 14.2 Å². The summed E-state index contributed by atoms with van der Waals surface area (Å²) in [4.78, 5) is 26.9. The highest BCUT2D eigenvalue weighted by Crippen LogP contribution is 2.35. The maximum atomic E-state index is 13.1. The Kier molecular flexibility index (Phi) is 5.77. The Morgan fingerprint density at radius 3 is 2.50 bits per heavy atom. The van der Waals surface area contributed by atoms with E-state index in [4.69, 9.17) is 16.3 Å². The minimum absolute atomic E-state index is 0.00128. The summed E-state index contributed by atoms with van der Waals surface area (Å²) >= 11 is 6.38. The highest BCUT2D eigenvalue weighted by Gasteiger charge is 2.36. The third-order valence-corrected chi connectivity index (χ3v) is 5.86. The molecule has 1 saturated carbocycles. The molecule has 156 valence electrons. The first-order chi connectivity index (χ1) is 14.5. The van der Waals surface area contributed by atoms with Gasteiger partial charge in [-0.1, -0.05) is 41.9 Å². The number of carbonyl (C=O) groups is 2. The molecule has 6 nitrogen and oxygen atoms in total. The van der Waals surface area contributed by atoms with Crippen molar-refractivity contribution in [3.05, 3.63) is 64.7 Å². The van der Waals surface area contributed by atoms with E-state index in [0.29, 0.717) is 11.4 Å². The molecule has 1 aliphatic carbocycles. The van der Waals surface area contributed by atoms with Gasteiger partial charge in [-0.25, -0.2) is 5.01 Å². The number of benzene rings is 2. The topological polar surface area (TPSA) is 62.2 Å². The van der Waals surface area contributed by atoms with Crippen LogP contribution in [0.4, 0.5) is 0 Å².